The van der Waals surface area contributed by atoms with Crippen LogP contribution < -0.4 is 10.9 Å². The number of aromatic nitrogens is 1. The molecule has 1 heterocycles. The number of aromatic amines is 1. The summed E-state index contributed by atoms with van der Waals surface area (Å²) in [5, 5.41) is 9.99. The molecule has 0 aliphatic rings. The molecule has 0 amide bonds. The third kappa shape index (κ3) is 3.89. The minimum absolute atomic E-state index is 0.0446. The van der Waals surface area contributed by atoms with Crippen molar-refractivity contribution < 1.29 is 13.6 Å². The van der Waals surface area contributed by atoms with Crippen LogP contribution in [-0.2, 0) is 13.6 Å². The number of hydrogen-bond acceptors (Lipinski definition) is 5. The molecule has 8 heteroatoms. The first-order valence-electron chi connectivity index (χ1n) is 8.68. The van der Waals surface area contributed by atoms with Gasteiger partial charge in [0.1, 0.15) is 5.30 Å². The molecule has 144 valence electrons. The van der Waals surface area contributed by atoms with Gasteiger partial charge >= 0.3 is 7.60 Å². The SMILES string of the molecule is CCOP(=O)(OCC)c1cc2cc(-c3ccc(C#N)cc3)c(Cl)cc2[nH]c1=O. The topological polar surface area (TPSA) is 92.2 Å². The van der Waals surface area contributed by atoms with Crippen LogP contribution in [0.5, 0.6) is 0 Å². The Morgan fingerprint density at radius 2 is 1.75 bits per heavy atom. The Morgan fingerprint density at radius 3 is 2.32 bits per heavy atom. The van der Waals surface area contributed by atoms with Crippen LogP contribution in [0.1, 0.15) is 19.4 Å². The third-order valence-electron chi connectivity index (χ3n) is 4.13. The molecular formula is C20H18ClN2O4P. The van der Waals surface area contributed by atoms with Crippen molar-refractivity contribution in [2.45, 2.75) is 13.8 Å². The summed E-state index contributed by atoms with van der Waals surface area (Å²) in [5.74, 6) is 0. The van der Waals surface area contributed by atoms with Crippen LogP contribution in [0, 0.1) is 11.3 Å². The Balaban J connectivity index is 2.19. The second-order valence-corrected chi connectivity index (χ2v) is 8.33. The van der Waals surface area contributed by atoms with E-state index in [1.165, 1.54) is 6.07 Å². The van der Waals surface area contributed by atoms with Crippen molar-refractivity contribution >= 4 is 35.4 Å². The highest BCUT2D eigenvalue weighted by Crippen LogP contribution is 2.46. The van der Waals surface area contributed by atoms with Crippen molar-refractivity contribution in [3.8, 4) is 17.2 Å². The van der Waals surface area contributed by atoms with E-state index in [-0.39, 0.29) is 18.5 Å². The molecule has 0 atom stereocenters. The summed E-state index contributed by atoms with van der Waals surface area (Å²) >= 11 is 6.40. The van der Waals surface area contributed by atoms with E-state index >= 15 is 0 Å². The molecule has 1 N–H and O–H groups in total. The fraction of sp³-hybridized carbons (Fsp3) is 0.200. The number of nitrogens with zero attached hydrogens (tertiary/aromatic N) is 1. The molecule has 0 aliphatic carbocycles. The van der Waals surface area contributed by atoms with Gasteiger partial charge in [-0.2, -0.15) is 5.26 Å². The zero-order valence-electron chi connectivity index (χ0n) is 15.4. The van der Waals surface area contributed by atoms with Crippen molar-refractivity contribution in [3.63, 3.8) is 0 Å². The summed E-state index contributed by atoms with van der Waals surface area (Å²) in [5.41, 5.74) is 2.05. The molecule has 2 aromatic carbocycles. The van der Waals surface area contributed by atoms with E-state index in [9.17, 15) is 9.36 Å². The zero-order chi connectivity index (χ0) is 20.3. The zero-order valence-corrected chi connectivity index (χ0v) is 17.0. The number of rotatable bonds is 6. The summed E-state index contributed by atoms with van der Waals surface area (Å²) in [6.45, 7) is 3.66. The molecule has 28 heavy (non-hydrogen) atoms. The van der Waals surface area contributed by atoms with Gasteiger partial charge in [-0.15, -0.1) is 0 Å². The van der Waals surface area contributed by atoms with Crippen molar-refractivity contribution in [1.82, 2.24) is 4.98 Å². The molecule has 0 spiro atoms. The predicted molar refractivity (Wildman–Crippen MR) is 110 cm³/mol. The van der Waals surface area contributed by atoms with Gasteiger partial charge in [-0.05, 0) is 55.1 Å². The Hall–Kier alpha value is -2.42. The van der Waals surface area contributed by atoms with E-state index in [1.807, 2.05) is 0 Å². The molecule has 0 radical (unpaired) electrons. The molecule has 3 aromatic rings. The average molecular weight is 417 g/mol. The van der Waals surface area contributed by atoms with Gasteiger partial charge in [0.15, 0.2) is 0 Å². The number of fused-ring (bicyclic) bond motifs is 1. The van der Waals surface area contributed by atoms with Crippen LogP contribution in [0.2, 0.25) is 5.02 Å². The van der Waals surface area contributed by atoms with Crippen molar-refractivity contribution in [3.05, 3.63) is 63.4 Å². The molecule has 3 rings (SSSR count). The maximum atomic E-state index is 13.1. The molecule has 0 saturated heterocycles. The number of nitrogens with one attached hydrogen (secondary N) is 1. The summed E-state index contributed by atoms with van der Waals surface area (Å²) in [4.78, 5) is 15.2. The first-order chi connectivity index (χ1) is 13.4. The Bertz CT molecular complexity index is 1160. The fourth-order valence-corrected chi connectivity index (χ4v) is 4.79. The number of H-pyrrole nitrogens is 1. The highest BCUT2D eigenvalue weighted by molar-refractivity contribution is 7.62. The fourth-order valence-electron chi connectivity index (χ4n) is 2.88. The summed E-state index contributed by atoms with van der Waals surface area (Å²) in [6, 6.07) is 14.0. The maximum absolute atomic E-state index is 13.1. The summed E-state index contributed by atoms with van der Waals surface area (Å²) in [7, 11) is -3.74. The lowest BCUT2D eigenvalue weighted by atomic mass is 10.0. The van der Waals surface area contributed by atoms with E-state index in [2.05, 4.69) is 11.1 Å². The minimum Gasteiger partial charge on any atom is -0.321 e. The van der Waals surface area contributed by atoms with Crippen LogP contribution in [0.25, 0.3) is 22.0 Å². The minimum atomic E-state index is -3.74. The van der Waals surface area contributed by atoms with E-state index in [0.717, 1.165) is 11.1 Å². The largest absolute Gasteiger partial charge is 0.366 e. The number of nitriles is 1. The number of halogens is 1. The molecule has 0 fully saturated rings. The van der Waals surface area contributed by atoms with Crippen molar-refractivity contribution in [1.29, 1.82) is 5.26 Å². The molecule has 0 aliphatic heterocycles. The monoisotopic (exact) mass is 416 g/mol. The van der Waals surface area contributed by atoms with E-state index in [1.54, 1.807) is 50.2 Å². The van der Waals surface area contributed by atoms with Gasteiger partial charge in [0.2, 0.25) is 0 Å². The standard InChI is InChI=1S/C20H18ClN2O4P/c1-3-26-28(25,27-4-2)19-10-15-9-16(14-7-5-13(12-22)6-8-14)17(21)11-18(15)23-20(19)24/h5-11H,3-4H2,1-2H3,(H,23,24). The second-order valence-electron chi connectivity index (χ2n) is 5.93. The molecule has 0 unspecified atom stereocenters. The van der Waals surface area contributed by atoms with Crippen molar-refractivity contribution in [2.24, 2.45) is 0 Å². The quantitative estimate of drug-likeness (QED) is 0.592. The molecule has 0 saturated carbocycles. The van der Waals surface area contributed by atoms with Gasteiger partial charge in [-0.3, -0.25) is 9.36 Å². The van der Waals surface area contributed by atoms with Gasteiger partial charge in [0.05, 0.1) is 29.9 Å². The Kier molecular flexibility index (Phi) is 6.02. The molecule has 0 bridgehead atoms. The van der Waals surface area contributed by atoms with Crippen LogP contribution in [-0.4, -0.2) is 18.2 Å². The van der Waals surface area contributed by atoms with Gasteiger partial charge in [0, 0.05) is 11.1 Å². The van der Waals surface area contributed by atoms with Crippen LogP contribution in [0.15, 0.2) is 47.3 Å². The number of pyridine rings is 1. The van der Waals surface area contributed by atoms with E-state index in [4.69, 9.17) is 25.9 Å². The Morgan fingerprint density at radius 1 is 1.11 bits per heavy atom. The van der Waals surface area contributed by atoms with Gasteiger partial charge in [-0.1, -0.05) is 23.7 Å². The normalized spacial score (nSPS) is 11.5. The third-order valence-corrected chi connectivity index (χ3v) is 6.56. The second kappa shape index (κ2) is 8.30. The first kappa shape index (κ1) is 20.3. The van der Waals surface area contributed by atoms with Crippen LogP contribution in [0.4, 0.5) is 0 Å². The van der Waals surface area contributed by atoms with Crippen molar-refractivity contribution in [2.75, 3.05) is 13.2 Å². The van der Waals surface area contributed by atoms with E-state index in [0.29, 0.717) is 21.5 Å². The Labute approximate surface area is 167 Å². The molecular weight excluding hydrogens is 399 g/mol. The smallest absolute Gasteiger partial charge is 0.321 e. The van der Waals surface area contributed by atoms with Gasteiger partial charge < -0.3 is 14.0 Å². The van der Waals surface area contributed by atoms with Gasteiger partial charge in [0.25, 0.3) is 5.56 Å². The molecule has 1 aromatic heterocycles. The lowest BCUT2D eigenvalue weighted by Crippen LogP contribution is -2.29. The van der Waals surface area contributed by atoms with Crippen LogP contribution >= 0.6 is 19.2 Å². The highest BCUT2D eigenvalue weighted by Gasteiger charge is 2.30. The lowest BCUT2D eigenvalue weighted by molar-refractivity contribution is 0.229. The molecule has 6 nitrogen and oxygen atoms in total. The highest BCUT2D eigenvalue weighted by atomic mass is 35.5. The summed E-state index contributed by atoms with van der Waals surface area (Å²) in [6.07, 6.45) is 0. The van der Waals surface area contributed by atoms with Gasteiger partial charge in [-0.25, -0.2) is 0 Å². The number of hydrogen-bond donors (Lipinski definition) is 1. The first-order valence-corrected chi connectivity index (χ1v) is 10.6. The van der Waals surface area contributed by atoms with Crippen LogP contribution in [0.3, 0.4) is 0 Å². The summed E-state index contributed by atoms with van der Waals surface area (Å²) < 4.78 is 23.7. The predicted octanol–water partition coefficient (Wildman–Crippen LogP) is 4.61. The maximum Gasteiger partial charge on any atom is 0.366 e. The average Bonchev–Trinajstić information content (AvgIpc) is 2.67. The lowest BCUT2D eigenvalue weighted by Gasteiger charge is -2.17. The van der Waals surface area contributed by atoms with E-state index < -0.39 is 13.2 Å². The number of benzene rings is 2.